The maximum atomic E-state index is 13.3. The van der Waals surface area contributed by atoms with Gasteiger partial charge in [0.2, 0.25) is 0 Å². The number of anilines is 1. The van der Waals surface area contributed by atoms with E-state index in [0.29, 0.717) is 16.6 Å². The van der Waals surface area contributed by atoms with Gasteiger partial charge in [0, 0.05) is 32.2 Å². The second-order valence-corrected chi connectivity index (χ2v) is 9.20. The Morgan fingerprint density at radius 1 is 1.27 bits per heavy atom. The molecule has 1 aliphatic rings. The summed E-state index contributed by atoms with van der Waals surface area (Å²) in [5.74, 6) is -0.245. The molecule has 1 fully saturated rings. The Kier molecular flexibility index (Phi) is 6.38. The highest BCUT2D eigenvalue weighted by Gasteiger charge is 2.25. The van der Waals surface area contributed by atoms with Crippen molar-refractivity contribution in [3.8, 4) is 0 Å². The van der Waals surface area contributed by atoms with Crippen molar-refractivity contribution in [2.24, 2.45) is 0 Å². The molecule has 3 aromatic rings. The number of benzene rings is 1. The molecular weight excluding hydrogens is 424 g/mol. The standard InChI is InChI=1S/C20H22N4O4S2/c1-14-3-4-15-17(13-14)30-20(21-15)23(8-2-7-22-9-11-28-12-10-22)19(25)16-5-6-18(29-16)24(26)27/h3-6,13H,2,7-12H2,1H3. The first-order valence-electron chi connectivity index (χ1n) is 9.74. The van der Waals surface area contributed by atoms with Crippen LogP contribution in [0.15, 0.2) is 30.3 Å². The van der Waals surface area contributed by atoms with Crippen LogP contribution in [-0.2, 0) is 4.74 Å². The Morgan fingerprint density at radius 2 is 2.07 bits per heavy atom. The van der Waals surface area contributed by atoms with E-state index < -0.39 is 4.92 Å². The Hall–Kier alpha value is -2.40. The van der Waals surface area contributed by atoms with E-state index in [1.54, 1.807) is 4.90 Å². The number of carbonyl (C=O) groups is 1. The molecule has 0 N–H and O–H groups in total. The van der Waals surface area contributed by atoms with Crippen LogP contribution in [-0.4, -0.2) is 60.1 Å². The molecular formula is C20H22N4O4S2. The van der Waals surface area contributed by atoms with Gasteiger partial charge in [-0.15, -0.1) is 0 Å². The lowest BCUT2D eigenvalue weighted by molar-refractivity contribution is -0.380. The van der Waals surface area contributed by atoms with E-state index in [1.807, 2.05) is 19.1 Å². The third-order valence-electron chi connectivity index (χ3n) is 4.95. The second kappa shape index (κ2) is 9.17. The van der Waals surface area contributed by atoms with Crippen LogP contribution in [0, 0.1) is 17.0 Å². The second-order valence-electron chi connectivity index (χ2n) is 7.13. The van der Waals surface area contributed by atoms with Gasteiger partial charge in [0.05, 0.1) is 33.2 Å². The molecule has 0 atom stereocenters. The van der Waals surface area contributed by atoms with Crippen LogP contribution in [0.2, 0.25) is 0 Å². The van der Waals surface area contributed by atoms with Crippen molar-refractivity contribution < 1.29 is 14.5 Å². The number of amides is 1. The van der Waals surface area contributed by atoms with Gasteiger partial charge in [0.15, 0.2) is 5.13 Å². The topological polar surface area (TPSA) is 88.8 Å². The van der Waals surface area contributed by atoms with Gasteiger partial charge in [-0.3, -0.25) is 24.7 Å². The maximum absolute atomic E-state index is 13.3. The van der Waals surface area contributed by atoms with Crippen molar-refractivity contribution in [2.75, 3.05) is 44.3 Å². The molecule has 0 saturated carbocycles. The van der Waals surface area contributed by atoms with Crippen molar-refractivity contribution in [1.29, 1.82) is 0 Å². The molecule has 30 heavy (non-hydrogen) atoms. The smallest absolute Gasteiger partial charge is 0.324 e. The average molecular weight is 447 g/mol. The lowest BCUT2D eigenvalue weighted by atomic mass is 10.2. The van der Waals surface area contributed by atoms with Crippen LogP contribution >= 0.6 is 22.7 Å². The van der Waals surface area contributed by atoms with Gasteiger partial charge >= 0.3 is 5.00 Å². The number of thiophene rings is 1. The summed E-state index contributed by atoms with van der Waals surface area (Å²) >= 11 is 2.38. The predicted molar refractivity (Wildman–Crippen MR) is 119 cm³/mol. The van der Waals surface area contributed by atoms with Crippen molar-refractivity contribution in [2.45, 2.75) is 13.3 Å². The normalized spacial score (nSPS) is 14.8. The number of thiazole rings is 1. The third kappa shape index (κ3) is 4.67. The van der Waals surface area contributed by atoms with Crippen molar-refractivity contribution >= 4 is 48.9 Å². The van der Waals surface area contributed by atoms with E-state index in [0.717, 1.165) is 66.4 Å². The molecule has 8 nitrogen and oxygen atoms in total. The van der Waals surface area contributed by atoms with E-state index in [-0.39, 0.29) is 10.9 Å². The molecule has 1 saturated heterocycles. The fourth-order valence-electron chi connectivity index (χ4n) is 3.37. The van der Waals surface area contributed by atoms with Crippen LogP contribution < -0.4 is 4.90 Å². The number of hydrogen-bond donors (Lipinski definition) is 0. The minimum Gasteiger partial charge on any atom is -0.379 e. The predicted octanol–water partition coefficient (Wildman–Crippen LogP) is 3.94. The molecule has 4 rings (SSSR count). The van der Waals surface area contributed by atoms with Crippen molar-refractivity contribution in [3.05, 3.63) is 50.9 Å². The number of nitro groups is 1. The number of aromatic nitrogens is 1. The maximum Gasteiger partial charge on any atom is 0.324 e. The Morgan fingerprint density at radius 3 is 2.80 bits per heavy atom. The molecule has 0 radical (unpaired) electrons. The number of ether oxygens (including phenoxy) is 1. The van der Waals surface area contributed by atoms with Crippen LogP contribution in [0.5, 0.6) is 0 Å². The fourth-order valence-corrected chi connectivity index (χ4v) is 5.23. The molecule has 1 aliphatic heterocycles. The number of carbonyl (C=O) groups excluding carboxylic acids is 1. The van der Waals surface area contributed by atoms with Crippen LogP contribution in [0.1, 0.15) is 21.7 Å². The Labute approximate surface area is 181 Å². The van der Waals surface area contributed by atoms with Gasteiger partial charge < -0.3 is 4.74 Å². The van der Waals surface area contributed by atoms with Gasteiger partial charge in [-0.25, -0.2) is 4.98 Å². The van der Waals surface area contributed by atoms with Crippen molar-refractivity contribution in [3.63, 3.8) is 0 Å². The van der Waals surface area contributed by atoms with Gasteiger partial charge in [-0.05, 0) is 37.1 Å². The lowest BCUT2D eigenvalue weighted by Crippen LogP contribution is -2.39. The SMILES string of the molecule is Cc1ccc2nc(N(CCCN3CCOCC3)C(=O)c3ccc([N+](=O)[O-])s3)sc2c1. The van der Waals surface area contributed by atoms with E-state index in [9.17, 15) is 14.9 Å². The summed E-state index contributed by atoms with van der Waals surface area (Å²) in [6.07, 6.45) is 0.786. The minimum atomic E-state index is -0.468. The molecule has 10 heteroatoms. The Balaban J connectivity index is 1.57. The van der Waals surface area contributed by atoms with E-state index in [2.05, 4.69) is 16.0 Å². The molecule has 0 aliphatic carbocycles. The fraction of sp³-hybridized carbons (Fsp3) is 0.400. The number of morpholine rings is 1. The third-order valence-corrected chi connectivity index (χ3v) is 7.02. The number of rotatable bonds is 7. The molecule has 1 amide bonds. The molecule has 158 valence electrons. The molecule has 0 bridgehead atoms. The first-order chi connectivity index (χ1) is 14.5. The van der Waals surface area contributed by atoms with Crippen LogP contribution in [0.25, 0.3) is 10.2 Å². The van der Waals surface area contributed by atoms with Crippen LogP contribution in [0.3, 0.4) is 0 Å². The van der Waals surface area contributed by atoms with Gasteiger partial charge in [0.1, 0.15) is 0 Å². The lowest BCUT2D eigenvalue weighted by Gasteiger charge is -2.27. The summed E-state index contributed by atoms with van der Waals surface area (Å²) in [4.78, 5) is 32.8. The van der Waals surface area contributed by atoms with E-state index in [4.69, 9.17) is 4.74 Å². The van der Waals surface area contributed by atoms with Gasteiger partial charge in [-0.1, -0.05) is 28.7 Å². The quantitative estimate of drug-likeness (QED) is 0.403. The summed E-state index contributed by atoms with van der Waals surface area (Å²) in [5.41, 5.74) is 1.99. The van der Waals surface area contributed by atoms with Gasteiger partial charge in [0.25, 0.3) is 5.91 Å². The van der Waals surface area contributed by atoms with Gasteiger partial charge in [-0.2, -0.15) is 0 Å². The zero-order valence-electron chi connectivity index (χ0n) is 16.6. The molecule has 1 aromatic carbocycles. The first-order valence-corrected chi connectivity index (χ1v) is 11.4. The minimum absolute atomic E-state index is 0.0356. The summed E-state index contributed by atoms with van der Waals surface area (Å²) in [6.45, 7) is 6.64. The summed E-state index contributed by atoms with van der Waals surface area (Å²) in [5, 5.41) is 11.6. The zero-order chi connectivity index (χ0) is 21.1. The average Bonchev–Trinajstić information content (AvgIpc) is 3.38. The largest absolute Gasteiger partial charge is 0.379 e. The number of hydrogen-bond acceptors (Lipinski definition) is 8. The van der Waals surface area contributed by atoms with Crippen LogP contribution in [0.4, 0.5) is 10.1 Å². The summed E-state index contributed by atoms with van der Waals surface area (Å²) < 4.78 is 6.41. The highest BCUT2D eigenvalue weighted by molar-refractivity contribution is 7.22. The molecule has 2 aromatic heterocycles. The van der Waals surface area contributed by atoms with E-state index >= 15 is 0 Å². The molecule has 0 unspecified atom stereocenters. The number of aryl methyl sites for hydroxylation is 1. The molecule has 3 heterocycles. The highest BCUT2D eigenvalue weighted by Crippen LogP contribution is 2.32. The summed E-state index contributed by atoms with van der Waals surface area (Å²) in [6, 6.07) is 8.92. The summed E-state index contributed by atoms with van der Waals surface area (Å²) in [7, 11) is 0. The Bertz CT molecular complexity index is 1060. The highest BCUT2D eigenvalue weighted by atomic mass is 32.1. The number of fused-ring (bicyclic) bond motifs is 1. The zero-order valence-corrected chi connectivity index (χ0v) is 18.2. The number of nitrogens with zero attached hydrogens (tertiary/aromatic N) is 4. The first kappa shape index (κ1) is 20.9. The van der Waals surface area contributed by atoms with E-state index in [1.165, 1.54) is 23.5 Å². The van der Waals surface area contributed by atoms with Crippen molar-refractivity contribution in [1.82, 2.24) is 9.88 Å². The monoisotopic (exact) mass is 446 g/mol. The molecule has 0 spiro atoms.